The highest BCUT2D eigenvalue weighted by Gasteiger charge is 2.12. The Hall–Kier alpha value is -0.970. The molecule has 1 unspecified atom stereocenters. The largest absolute Gasteiger partial charge is 0.395 e. The summed E-state index contributed by atoms with van der Waals surface area (Å²) < 4.78 is 13.3. The molecule has 3 nitrogen and oxygen atoms in total. The minimum Gasteiger partial charge on any atom is -0.395 e. The number of hydrogen-bond donors (Lipinski definition) is 2. The molecule has 0 radical (unpaired) electrons. The number of likely N-dealkylation sites (N-methyl/N-ethyl adjacent to an activating group) is 1. The highest BCUT2D eigenvalue weighted by molar-refractivity contribution is 5.20. The van der Waals surface area contributed by atoms with E-state index in [0.717, 1.165) is 31.5 Å². The number of hydrogen-bond acceptors (Lipinski definition) is 3. The maximum atomic E-state index is 13.3. The first-order chi connectivity index (χ1) is 9.17. The highest BCUT2D eigenvalue weighted by atomic mass is 19.1. The molecule has 0 bridgehead atoms. The summed E-state index contributed by atoms with van der Waals surface area (Å²) in [6.45, 7) is 4.75. The van der Waals surface area contributed by atoms with E-state index < -0.39 is 0 Å². The zero-order valence-electron chi connectivity index (χ0n) is 11.9. The molecule has 1 aromatic carbocycles. The van der Waals surface area contributed by atoms with Gasteiger partial charge in [0.25, 0.3) is 0 Å². The van der Waals surface area contributed by atoms with Gasteiger partial charge >= 0.3 is 0 Å². The molecule has 0 saturated heterocycles. The molecule has 108 valence electrons. The van der Waals surface area contributed by atoms with Gasteiger partial charge in [-0.05, 0) is 50.7 Å². The van der Waals surface area contributed by atoms with Crippen LogP contribution in [0, 0.1) is 5.82 Å². The van der Waals surface area contributed by atoms with E-state index in [0.29, 0.717) is 6.54 Å². The van der Waals surface area contributed by atoms with Crippen LogP contribution in [-0.4, -0.2) is 43.3 Å². The van der Waals surface area contributed by atoms with Crippen LogP contribution in [0.15, 0.2) is 24.3 Å². The van der Waals surface area contributed by atoms with E-state index in [-0.39, 0.29) is 18.5 Å². The van der Waals surface area contributed by atoms with Gasteiger partial charge in [0.2, 0.25) is 0 Å². The Morgan fingerprint density at radius 2 is 2.16 bits per heavy atom. The summed E-state index contributed by atoms with van der Waals surface area (Å²) >= 11 is 0. The third-order valence-corrected chi connectivity index (χ3v) is 3.17. The summed E-state index contributed by atoms with van der Waals surface area (Å²) in [6, 6.07) is 6.94. The zero-order valence-corrected chi connectivity index (χ0v) is 11.9. The third-order valence-electron chi connectivity index (χ3n) is 3.17. The van der Waals surface area contributed by atoms with E-state index in [1.807, 2.05) is 13.1 Å². The second-order valence-corrected chi connectivity index (χ2v) is 4.88. The van der Waals surface area contributed by atoms with Gasteiger partial charge < -0.3 is 15.3 Å². The maximum Gasteiger partial charge on any atom is 0.123 e. The predicted molar refractivity (Wildman–Crippen MR) is 76.6 cm³/mol. The molecule has 2 N–H and O–H groups in total. The van der Waals surface area contributed by atoms with Crippen LogP contribution >= 0.6 is 0 Å². The van der Waals surface area contributed by atoms with Crippen molar-refractivity contribution >= 4 is 0 Å². The molecule has 0 amide bonds. The molecule has 4 heteroatoms. The van der Waals surface area contributed by atoms with E-state index in [4.69, 9.17) is 5.11 Å². The van der Waals surface area contributed by atoms with Crippen molar-refractivity contribution in [3.63, 3.8) is 0 Å². The van der Waals surface area contributed by atoms with Crippen molar-refractivity contribution in [2.45, 2.75) is 25.8 Å². The van der Waals surface area contributed by atoms with Crippen LogP contribution in [0.25, 0.3) is 0 Å². The Kier molecular flexibility index (Phi) is 7.63. The highest BCUT2D eigenvalue weighted by Crippen LogP contribution is 2.18. The lowest BCUT2D eigenvalue weighted by atomic mass is 10.0. The van der Waals surface area contributed by atoms with Crippen LogP contribution in [0.2, 0.25) is 0 Å². The van der Waals surface area contributed by atoms with Crippen LogP contribution in [0.5, 0.6) is 0 Å². The van der Waals surface area contributed by atoms with Crippen molar-refractivity contribution in [3.05, 3.63) is 35.6 Å². The Bertz CT molecular complexity index is 360. The molecule has 0 heterocycles. The molecule has 0 spiro atoms. The molecule has 1 atom stereocenters. The molecule has 0 saturated carbocycles. The van der Waals surface area contributed by atoms with E-state index in [1.165, 1.54) is 6.07 Å². The van der Waals surface area contributed by atoms with Crippen LogP contribution in [0.1, 0.15) is 31.4 Å². The summed E-state index contributed by atoms with van der Waals surface area (Å²) in [5, 5.41) is 12.3. The first-order valence-corrected chi connectivity index (χ1v) is 6.95. The molecule has 1 aromatic rings. The topological polar surface area (TPSA) is 35.5 Å². The number of benzene rings is 1. The standard InChI is InChI=1S/C15H25FN2O/c1-3-8-17-15(7-9-18(2)10-11-19)13-5-4-6-14(16)12-13/h4-6,12,15,17,19H,3,7-11H2,1-2H3. The van der Waals surface area contributed by atoms with Gasteiger partial charge in [-0.15, -0.1) is 0 Å². The molecule has 0 fully saturated rings. The summed E-state index contributed by atoms with van der Waals surface area (Å²) in [5.74, 6) is -0.190. The Labute approximate surface area is 115 Å². The zero-order chi connectivity index (χ0) is 14.1. The molecule has 0 aromatic heterocycles. The smallest absolute Gasteiger partial charge is 0.123 e. The second-order valence-electron chi connectivity index (χ2n) is 4.88. The minimum absolute atomic E-state index is 0.164. The number of halogens is 1. The maximum absolute atomic E-state index is 13.3. The lowest BCUT2D eigenvalue weighted by molar-refractivity contribution is 0.215. The fourth-order valence-corrected chi connectivity index (χ4v) is 2.06. The SMILES string of the molecule is CCCNC(CCN(C)CCO)c1cccc(F)c1. The van der Waals surface area contributed by atoms with Crippen LogP contribution in [0.3, 0.4) is 0 Å². The number of aliphatic hydroxyl groups is 1. The van der Waals surface area contributed by atoms with Crippen molar-refractivity contribution < 1.29 is 9.50 Å². The van der Waals surface area contributed by atoms with Gasteiger partial charge in [-0.3, -0.25) is 0 Å². The van der Waals surface area contributed by atoms with Gasteiger partial charge in [0, 0.05) is 12.6 Å². The number of nitrogens with zero attached hydrogens (tertiary/aromatic N) is 1. The monoisotopic (exact) mass is 268 g/mol. The number of aliphatic hydroxyl groups excluding tert-OH is 1. The van der Waals surface area contributed by atoms with E-state index in [2.05, 4.69) is 17.1 Å². The van der Waals surface area contributed by atoms with Crippen molar-refractivity contribution in [1.82, 2.24) is 10.2 Å². The molecule has 1 rings (SSSR count). The number of nitrogens with one attached hydrogen (secondary N) is 1. The summed E-state index contributed by atoms with van der Waals surface area (Å²) in [5.41, 5.74) is 0.992. The number of rotatable bonds is 9. The Morgan fingerprint density at radius 3 is 2.79 bits per heavy atom. The predicted octanol–water partition coefficient (Wildman–Crippen LogP) is 2.18. The molecular weight excluding hydrogens is 243 g/mol. The van der Waals surface area contributed by atoms with E-state index >= 15 is 0 Å². The lowest BCUT2D eigenvalue weighted by Crippen LogP contribution is -2.29. The quantitative estimate of drug-likeness (QED) is 0.720. The van der Waals surface area contributed by atoms with Crippen LogP contribution < -0.4 is 5.32 Å². The van der Waals surface area contributed by atoms with Crippen molar-refractivity contribution in [2.24, 2.45) is 0 Å². The first-order valence-electron chi connectivity index (χ1n) is 6.95. The molecule has 0 aliphatic heterocycles. The van der Waals surface area contributed by atoms with Gasteiger partial charge in [0.15, 0.2) is 0 Å². The van der Waals surface area contributed by atoms with Crippen LogP contribution in [-0.2, 0) is 0 Å². The fourth-order valence-electron chi connectivity index (χ4n) is 2.06. The van der Waals surface area contributed by atoms with E-state index in [1.54, 1.807) is 12.1 Å². The summed E-state index contributed by atoms with van der Waals surface area (Å²) in [6.07, 6.45) is 1.96. The van der Waals surface area contributed by atoms with Gasteiger partial charge in [0.1, 0.15) is 5.82 Å². The van der Waals surface area contributed by atoms with E-state index in [9.17, 15) is 4.39 Å². The molecule has 19 heavy (non-hydrogen) atoms. The second kappa shape index (κ2) is 9.02. The Balaban J connectivity index is 2.61. The summed E-state index contributed by atoms with van der Waals surface area (Å²) in [4.78, 5) is 2.08. The Morgan fingerprint density at radius 1 is 1.37 bits per heavy atom. The van der Waals surface area contributed by atoms with Gasteiger partial charge in [-0.25, -0.2) is 4.39 Å². The van der Waals surface area contributed by atoms with Crippen LogP contribution in [0.4, 0.5) is 4.39 Å². The summed E-state index contributed by atoms with van der Waals surface area (Å²) in [7, 11) is 1.98. The van der Waals surface area contributed by atoms with Crippen molar-refractivity contribution in [1.29, 1.82) is 0 Å². The van der Waals surface area contributed by atoms with Crippen molar-refractivity contribution in [2.75, 3.05) is 33.3 Å². The first kappa shape index (κ1) is 16.1. The van der Waals surface area contributed by atoms with Gasteiger partial charge in [-0.2, -0.15) is 0 Å². The minimum atomic E-state index is -0.190. The average Bonchev–Trinajstić information content (AvgIpc) is 2.39. The third kappa shape index (κ3) is 6.14. The van der Waals surface area contributed by atoms with Gasteiger partial charge in [0.05, 0.1) is 6.61 Å². The lowest BCUT2D eigenvalue weighted by Gasteiger charge is -2.22. The fraction of sp³-hybridized carbons (Fsp3) is 0.600. The van der Waals surface area contributed by atoms with Gasteiger partial charge in [-0.1, -0.05) is 19.1 Å². The average molecular weight is 268 g/mol. The molecular formula is C15H25FN2O. The normalized spacial score (nSPS) is 12.9. The molecule has 0 aliphatic rings. The van der Waals surface area contributed by atoms with Crippen molar-refractivity contribution in [3.8, 4) is 0 Å². The molecule has 0 aliphatic carbocycles.